The van der Waals surface area contributed by atoms with Crippen LogP contribution in [0.2, 0.25) is 5.02 Å². The molecular weight excluding hydrogens is 310 g/mol. The Labute approximate surface area is 140 Å². The van der Waals surface area contributed by atoms with E-state index < -0.39 is 0 Å². The normalized spacial score (nSPS) is 11.5. The lowest BCUT2D eigenvalue weighted by Crippen LogP contribution is -2.19. The summed E-state index contributed by atoms with van der Waals surface area (Å²) in [6, 6.07) is 9.16. The van der Waals surface area contributed by atoms with Crippen LogP contribution in [-0.4, -0.2) is 14.0 Å². The van der Waals surface area contributed by atoms with Gasteiger partial charge in [0.2, 0.25) is 5.78 Å². The summed E-state index contributed by atoms with van der Waals surface area (Å²) in [7, 11) is 0. The molecule has 2 heterocycles. The van der Waals surface area contributed by atoms with Crippen molar-refractivity contribution in [2.45, 2.75) is 33.7 Å². The van der Waals surface area contributed by atoms with Crippen LogP contribution in [0.25, 0.3) is 17.0 Å². The van der Waals surface area contributed by atoms with Crippen molar-refractivity contribution < 1.29 is 0 Å². The molecule has 1 aromatic carbocycles. The van der Waals surface area contributed by atoms with E-state index in [1.165, 1.54) is 0 Å². The molecule has 2 aromatic heterocycles. The number of rotatable bonds is 4. The minimum atomic E-state index is -0.0500. The van der Waals surface area contributed by atoms with E-state index in [9.17, 15) is 4.79 Å². The number of benzene rings is 1. The molecule has 0 aliphatic carbocycles. The summed E-state index contributed by atoms with van der Waals surface area (Å²) in [6.45, 7) is 7.20. The number of aromatic nitrogens is 3. The molecule has 0 aliphatic heterocycles. The summed E-state index contributed by atoms with van der Waals surface area (Å²) in [5, 5.41) is 0.685. The zero-order chi connectivity index (χ0) is 16.6. The van der Waals surface area contributed by atoms with E-state index in [-0.39, 0.29) is 5.56 Å². The predicted molar refractivity (Wildman–Crippen MR) is 94.1 cm³/mol. The van der Waals surface area contributed by atoms with Gasteiger partial charge < -0.3 is 4.57 Å². The molecule has 120 valence electrons. The largest absolute Gasteiger partial charge is 0.315 e. The van der Waals surface area contributed by atoms with Crippen molar-refractivity contribution in [3.8, 4) is 11.3 Å². The highest BCUT2D eigenvalue weighted by Gasteiger charge is 2.12. The summed E-state index contributed by atoms with van der Waals surface area (Å²) in [6.07, 6.45) is 2.84. The molecule has 0 saturated carbocycles. The van der Waals surface area contributed by atoms with Gasteiger partial charge in [0, 0.05) is 35.1 Å². The standard InChI is InChI=1S/C18H20ClN3O/c1-12(2)8-9-21-13(3)10-17(23)22-11-16(20-18(21)22)14-4-6-15(19)7-5-14/h4-7,10-12H,8-9H2,1-3H3. The van der Waals surface area contributed by atoms with Gasteiger partial charge >= 0.3 is 0 Å². The first-order valence-corrected chi connectivity index (χ1v) is 8.19. The fourth-order valence-corrected chi connectivity index (χ4v) is 2.76. The van der Waals surface area contributed by atoms with Crippen LogP contribution in [0.4, 0.5) is 0 Å². The molecule has 0 unspecified atom stereocenters. The van der Waals surface area contributed by atoms with Gasteiger partial charge in [-0.2, -0.15) is 0 Å². The first-order chi connectivity index (χ1) is 11.0. The zero-order valence-electron chi connectivity index (χ0n) is 13.6. The first kappa shape index (κ1) is 15.8. The van der Waals surface area contributed by atoms with Crippen molar-refractivity contribution in [3.05, 3.63) is 57.6 Å². The number of aryl methyl sites for hydroxylation is 2. The Kier molecular flexibility index (Phi) is 4.26. The molecule has 0 aliphatic rings. The summed E-state index contributed by atoms with van der Waals surface area (Å²) in [5.41, 5.74) is 2.62. The van der Waals surface area contributed by atoms with Crippen LogP contribution >= 0.6 is 11.6 Å². The Bertz CT molecular complexity index is 891. The lowest BCUT2D eigenvalue weighted by Gasteiger charge is -2.13. The van der Waals surface area contributed by atoms with Gasteiger partial charge in [0.1, 0.15) is 0 Å². The maximum atomic E-state index is 12.3. The van der Waals surface area contributed by atoms with Gasteiger partial charge in [-0.15, -0.1) is 0 Å². The average Bonchev–Trinajstić information content (AvgIpc) is 2.93. The van der Waals surface area contributed by atoms with Gasteiger partial charge in [0.25, 0.3) is 5.56 Å². The van der Waals surface area contributed by atoms with Crippen LogP contribution in [0, 0.1) is 12.8 Å². The third-order valence-electron chi connectivity index (χ3n) is 3.99. The molecule has 0 amide bonds. The van der Waals surface area contributed by atoms with Crippen LogP contribution in [-0.2, 0) is 6.54 Å². The van der Waals surface area contributed by atoms with E-state index in [4.69, 9.17) is 16.6 Å². The maximum Gasteiger partial charge on any atom is 0.259 e. The number of hydrogen-bond donors (Lipinski definition) is 0. The van der Waals surface area contributed by atoms with Crippen LogP contribution in [0.5, 0.6) is 0 Å². The van der Waals surface area contributed by atoms with E-state index in [0.717, 1.165) is 29.9 Å². The van der Waals surface area contributed by atoms with E-state index in [0.29, 0.717) is 16.7 Å². The number of hydrogen-bond acceptors (Lipinski definition) is 2. The van der Waals surface area contributed by atoms with Crippen LogP contribution in [0.15, 0.2) is 41.3 Å². The quantitative estimate of drug-likeness (QED) is 0.720. The van der Waals surface area contributed by atoms with Gasteiger partial charge in [0.15, 0.2) is 0 Å². The highest BCUT2D eigenvalue weighted by molar-refractivity contribution is 6.30. The van der Waals surface area contributed by atoms with Crippen molar-refractivity contribution in [2.24, 2.45) is 5.92 Å². The lowest BCUT2D eigenvalue weighted by molar-refractivity contribution is 0.511. The highest BCUT2D eigenvalue weighted by Crippen LogP contribution is 2.21. The number of imidazole rings is 1. The summed E-state index contributed by atoms with van der Waals surface area (Å²) >= 11 is 5.94. The zero-order valence-corrected chi connectivity index (χ0v) is 14.3. The van der Waals surface area contributed by atoms with Gasteiger partial charge in [-0.05, 0) is 31.4 Å². The van der Waals surface area contributed by atoms with E-state index in [2.05, 4.69) is 18.4 Å². The molecule has 4 nitrogen and oxygen atoms in total. The smallest absolute Gasteiger partial charge is 0.259 e. The van der Waals surface area contributed by atoms with Crippen LogP contribution in [0.1, 0.15) is 26.0 Å². The minimum absolute atomic E-state index is 0.0500. The summed E-state index contributed by atoms with van der Waals surface area (Å²) in [5.74, 6) is 1.29. The topological polar surface area (TPSA) is 39.3 Å². The molecule has 0 bridgehead atoms. The number of nitrogens with zero attached hydrogens (tertiary/aromatic N) is 3. The molecule has 3 aromatic rings. The molecule has 3 rings (SSSR count). The second-order valence-electron chi connectivity index (χ2n) is 6.26. The Morgan fingerprint density at radius 3 is 2.57 bits per heavy atom. The average molecular weight is 330 g/mol. The molecule has 0 N–H and O–H groups in total. The van der Waals surface area contributed by atoms with Crippen molar-refractivity contribution in [1.29, 1.82) is 0 Å². The van der Waals surface area contributed by atoms with Gasteiger partial charge in [-0.25, -0.2) is 4.98 Å². The Hall–Kier alpha value is -2.07. The Morgan fingerprint density at radius 1 is 1.22 bits per heavy atom. The van der Waals surface area contributed by atoms with E-state index >= 15 is 0 Å². The van der Waals surface area contributed by atoms with Crippen molar-refractivity contribution in [1.82, 2.24) is 14.0 Å². The van der Waals surface area contributed by atoms with Crippen LogP contribution < -0.4 is 5.56 Å². The van der Waals surface area contributed by atoms with E-state index in [1.54, 1.807) is 16.7 Å². The second-order valence-corrected chi connectivity index (χ2v) is 6.70. The summed E-state index contributed by atoms with van der Waals surface area (Å²) in [4.78, 5) is 17.0. The monoisotopic (exact) mass is 329 g/mol. The van der Waals surface area contributed by atoms with Crippen LogP contribution in [0.3, 0.4) is 0 Å². The minimum Gasteiger partial charge on any atom is -0.315 e. The SMILES string of the molecule is Cc1cc(=O)n2cc(-c3ccc(Cl)cc3)nc2n1CCC(C)C. The predicted octanol–water partition coefficient (Wildman–Crippen LogP) is 4.17. The Balaban J connectivity index is 2.13. The number of fused-ring (bicyclic) bond motifs is 1. The van der Waals surface area contributed by atoms with Gasteiger partial charge in [-0.3, -0.25) is 9.20 Å². The molecule has 0 fully saturated rings. The fraction of sp³-hybridized carbons (Fsp3) is 0.333. The molecule has 0 atom stereocenters. The fourth-order valence-electron chi connectivity index (χ4n) is 2.63. The molecule has 0 radical (unpaired) electrons. The third-order valence-corrected chi connectivity index (χ3v) is 4.25. The first-order valence-electron chi connectivity index (χ1n) is 7.81. The van der Waals surface area contributed by atoms with Crippen molar-refractivity contribution in [2.75, 3.05) is 0 Å². The molecular formula is C18H20ClN3O. The second kappa shape index (κ2) is 6.20. The molecule has 23 heavy (non-hydrogen) atoms. The highest BCUT2D eigenvalue weighted by atomic mass is 35.5. The van der Waals surface area contributed by atoms with Gasteiger partial charge in [0.05, 0.1) is 5.69 Å². The molecule has 5 heteroatoms. The molecule has 0 saturated heterocycles. The Morgan fingerprint density at radius 2 is 1.91 bits per heavy atom. The molecule has 0 spiro atoms. The summed E-state index contributed by atoms with van der Waals surface area (Å²) < 4.78 is 3.73. The maximum absolute atomic E-state index is 12.3. The third kappa shape index (κ3) is 3.17. The van der Waals surface area contributed by atoms with Crippen molar-refractivity contribution >= 4 is 17.4 Å². The van der Waals surface area contributed by atoms with Crippen molar-refractivity contribution in [3.63, 3.8) is 0 Å². The van der Waals surface area contributed by atoms with Gasteiger partial charge in [-0.1, -0.05) is 37.6 Å². The number of halogens is 1. The van der Waals surface area contributed by atoms with E-state index in [1.807, 2.05) is 31.2 Å². The lowest BCUT2D eigenvalue weighted by atomic mass is 10.1.